The highest BCUT2D eigenvalue weighted by molar-refractivity contribution is 5.64. The molecule has 0 bridgehead atoms. The quantitative estimate of drug-likeness (QED) is 0.192. The zero-order valence-electron chi connectivity index (χ0n) is 16.4. The van der Waals surface area contributed by atoms with Crippen molar-refractivity contribution in [2.75, 3.05) is 13.1 Å². The number of hydrogen-bond acceptors (Lipinski definition) is 2. The first-order valence-electron chi connectivity index (χ1n) is 10.4. The standard InChI is InChI=1S/C20H42N2O2/c1-3-5-6-7-8-9-10-11-12-13-14-15-16-17-19-22(24,18-4-2)20(21)23/h3-19H2,1-2H3,(H2,21,23). The Bertz CT molecular complexity index is 297. The van der Waals surface area contributed by atoms with Gasteiger partial charge in [0.05, 0.1) is 13.1 Å². The van der Waals surface area contributed by atoms with E-state index in [1.807, 2.05) is 6.92 Å². The van der Waals surface area contributed by atoms with Gasteiger partial charge in [-0.3, -0.25) is 4.65 Å². The SMILES string of the molecule is CCCCCCCCCCCCCCCC[N+]([O-])(CCC)C(N)=O. The van der Waals surface area contributed by atoms with Crippen molar-refractivity contribution in [2.45, 2.75) is 110 Å². The van der Waals surface area contributed by atoms with Crippen molar-refractivity contribution in [2.24, 2.45) is 5.73 Å². The van der Waals surface area contributed by atoms with E-state index in [-0.39, 0.29) is 0 Å². The molecule has 0 aromatic rings. The third kappa shape index (κ3) is 12.8. The molecule has 4 nitrogen and oxygen atoms in total. The van der Waals surface area contributed by atoms with E-state index in [2.05, 4.69) is 6.92 Å². The van der Waals surface area contributed by atoms with Crippen LogP contribution >= 0.6 is 0 Å². The molecule has 1 atom stereocenters. The van der Waals surface area contributed by atoms with Gasteiger partial charge in [0, 0.05) is 0 Å². The van der Waals surface area contributed by atoms with Crippen LogP contribution in [0.1, 0.15) is 110 Å². The van der Waals surface area contributed by atoms with E-state index >= 15 is 0 Å². The number of primary amides is 1. The Balaban J connectivity index is 3.35. The van der Waals surface area contributed by atoms with Crippen molar-refractivity contribution >= 4 is 6.03 Å². The first-order chi connectivity index (χ1) is 11.6. The van der Waals surface area contributed by atoms with Crippen LogP contribution in [0.5, 0.6) is 0 Å². The summed E-state index contributed by atoms with van der Waals surface area (Å²) in [6.45, 7) is 4.84. The molecule has 4 heteroatoms. The van der Waals surface area contributed by atoms with Gasteiger partial charge >= 0.3 is 6.03 Å². The minimum absolute atomic E-state index is 0.313. The number of amides is 2. The lowest BCUT2D eigenvalue weighted by Crippen LogP contribution is -2.51. The second kappa shape index (κ2) is 15.9. The smallest absolute Gasteiger partial charge is 0.413 e. The normalized spacial score (nSPS) is 13.8. The summed E-state index contributed by atoms with van der Waals surface area (Å²) in [6, 6.07) is -0.730. The summed E-state index contributed by atoms with van der Waals surface area (Å²) in [5.74, 6) is 0. The topological polar surface area (TPSA) is 66.2 Å². The minimum atomic E-state index is -0.839. The summed E-state index contributed by atoms with van der Waals surface area (Å²) in [5, 5.41) is 12.2. The monoisotopic (exact) mass is 342 g/mol. The zero-order valence-corrected chi connectivity index (χ0v) is 16.4. The highest BCUT2D eigenvalue weighted by Crippen LogP contribution is 2.14. The maximum absolute atomic E-state index is 12.2. The highest BCUT2D eigenvalue weighted by atomic mass is 16.6. The Morgan fingerprint density at radius 1 is 0.667 bits per heavy atom. The van der Waals surface area contributed by atoms with Gasteiger partial charge in [-0.05, 0) is 19.3 Å². The molecule has 0 fully saturated rings. The fourth-order valence-electron chi connectivity index (χ4n) is 3.26. The van der Waals surface area contributed by atoms with Crippen molar-refractivity contribution in [3.63, 3.8) is 0 Å². The summed E-state index contributed by atoms with van der Waals surface area (Å²) in [7, 11) is 0. The average Bonchev–Trinajstić information content (AvgIpc) is 2.55. The van der Waals surface area contributed by atoms with Gasteiger partial charge in [-0.25, -0.2) is 4.79 Å². The highest BCUT2D eigenvalue weighted by Gasteiger charge is 2.22. The van der Waals surface area contributed by atoms with Crippen LogP contribution in [-0.4, -0.2) is 23.8 Å². The number of hydroxylamine groups is 3. The van der Waals surface area contributed by atoms with Crippen LogP contribution in [0.3, 0.4) is 0 Å². The van der Waals surface area contributed by atoms with Crippen LogP contribution in [0, 0.1) is 5.21 Å². The number of unbranched alkanes of at least 4 members (excludes halogenated alkanes) is 13. The van der Waals surface area contributed by atoms with E-state index < -0.39 is 10.7 Å². The fraction of sp³-hybridized carbons (Fsp3) is 0.950. The summed E-state index contributed by atoms with van der Waals surface area (Å²) >= 11 is 0. The van der Waals surface area contributed by atoms with E-state index in [4.69, 9.17) is 5.73 Å². The van der Waals surface area contributed by atoms with Crippen LogP contribution in [0.25, 0.3) is 0 Å². The molecule has 0 spiro atoms. The van der Waals surface area contributed by atoms with Gasteiger partial charge in [-0.2, -0.15) is 0 Å². The number of urea groups is 1. The molecular weight excluding hydrogens is 300 g/mol. The predicted molar refractivity (Wildman–Crippen MR) is 104 cm³/mol. The van der Waals surface area contributed by atoms with Gasteiger partial charge < -0.3 is 10.9 Å². The molecular formula is C20H42N2O2. The van der Waals surface area contributed by atoms with Gasteiger partial charge in [0.1, 0.15) is 0 Å². The Labute approximate surface area is 150 Å². The van der Waals surface area contributed by atoms with Gasteiger partial charge in [-0.1, -0.05) is 90.9 Å². The van der Waals surface area contributed by atoms with Gasteiger partial charge in [0.25, 0.3) is 0 Å². The molecule has 0 aromatic heterocycles. The van der Waals surface area contributed by atoms with Crippen molar-refractivity contribution in [3.8, 4) is 0 Å². The summed E-state index contributed by atoms with van der Waals surface area (Å²) in [5.41, 5.74) is 5.23. The average molecular weight is 343 g/mol. The van der Waals surface area contributed by atoms with E-state index in [1.54, 1.807) is 0 Å². The minimum Gasteiger partial charge on any atom is -0.624 e. The number of nitrogens with zero attached hydrogens (tertiary/aromatic N) is 1. The number of carbonyl (C=O) groups is 1. The molecule has 0 aliphatic heterocycles. The maximum atomic E-state index is 12.2. The third-order valence-electron chi connectivity index (χ3n) is 4.86. The van der Waals surface area contributed by atoms with Crippen molar-refractivity contribution in [3.05, 3.63) is 5.21 Å². The lowest BCUT2D eigenvalue weighted by molar-refractivity contribution is -0.798. The Kier molecular flexibility index (Phi) is 15.5. The van der Waals surface area contributed by atoms with E-state index in [9.17, 15) is 10.0 Å². The third-order valence-corrected chi connectivity index (χ3v) is 4.86. The van der Waals surface area contributed by atoms with Crippen LogP contribution in [0.4, 0.5) is 4.79 Å². The van der Waals surface area contributed by atoms with E-state index in [0.29, 0.717) is 19.5 Å². The molecule has 0 saturated heterocycles. The van der Waals surface area contributed by atoms with Crippen molar-refractivity contribution < 1.29 is 9.44 Å². The fourth-order valence-corrected chi connectivity index (χ4v) is 3.26. The molecule has 24 heavy (non-hydrogen) atoms. The van der Waals surface area contributed by atoms with E-state index in [1.165, 1.54) is 77.0 Å². The molecule has 0 rings (SSSR count). The molecule has 0 aromatic carbocycles. The van der Waals surface area contributed by atoms with E-state index in [0.717, 1.165) is 12.8 Å². The number of quaternary nitrogens is 1. The maximum Gasteiger partial charge on any atom is 0.413 e. The lowest BCUT2D eigenvalue weighted by Gasteiger charge is -2.37. The van der Waals surface area contributed by atoms with Crippen LogP contribution in [0.2, 0.25) is 0 Å². The molecule has 1 unspecified atom stereocenters. The van der Waals surface area contributed by atoms with Gasteiger partial charge in [-0.15, -0.1) is 0 Å². The molecule has 0 heterocycles. The number of nitrogens with two attached hydrogens (primary N) is 1. The molecule has 0 saturated carbocycles. The molecule has 2 N–H and O–H groups in total. The van der Waals surface area contributed by atoms with Gasteiger partial charge in [0.15, 0.2) is 0 Å². The predicted octanol–water partition coefficient (Wildman–Crippen LogP) is 6.27. The first kappa shape index (κ1) is 23.4. The molecule has 2 amide bonds. The number of carbonyl (C=O) groups excluding carboxylic acids is 1. The molecule has 0 radical (unpaired) electrons. The molecule has 144 valence electrons. The Morgan fingerprint density at radius 3 is 1.38 bits per heavy atom. The molecule has 0 aliphatic carbocycles. The summed E-state index contributed by atoms with van der Waals surface area (Å²) in [4.78, 5) is 11.3. The lowest BCUT2D eigenvalue weighted by atomic mass is 10.0. The summed E-state index contributed by atoms with van der Waals surface area (Å²) < 4.78 is -0.839. The van der Waals surface area contributed by atoms with Crippen molar-refractivity contribution in [1.29, 1.82) is 0 Å². The largest absolute Gasteiger partial charge is 0.624 e. The van der Waals surface area contributed by atoms with Crippen LogP contribution in [-0.2, 0) is 0 Å². The van der Waals surface area contributed by atoms with Crippen LogP contribution in [0.15, 0.2) is 0 Å². The Morgan fingerprint density at radius 2 is 1.04 bits per heavy atom. The zero-order chi connectivity index (χ0) is 18.1. The van der Waals surface area contributed by atoms with Crippen molar-refractivity contribution in [1.82, 2.24) is 0 Å². The second-order valence-corrected chi connectivity index (χ2v) is 7.27. The summed E-state index contributed by atoms with van der Waals surface area (Å²) in [6.07, 6.45) is 18.7. The van der Waals surface area contributed by atoms with Crippen LogP contribution < -0.4 is 5.73 Å². The Hall–Kier alpha value is -0.610. The first-order valence-corrected chi connectivity index (χ1v) is 10.4. The number of hydrogen-bond donors (Lipinski definition) is 1. The number of rotatable bonds is 17. The van der Waals surface area contributed by atoms with Gasteiger partial charge in [0.2, 0.25) is 0 Å². The molecule has 0 aliphatic rings. The second-order valence-electron chi connectivity index (χ2n) is 7.27.